The summed E-state index contributed by atoms with van der Waals surface area (Å²) in [5, 5.41) is 40.0. The van der Waals surface area contributed by atoms with E-state index in [4.69, 9.17) is 14.2 Å². The lowest BCUT2D eigenvalue weighted by Crippen LogP contribution is -2.77. The fourth-order valence-electron chi connectivity index (χ4n) is 5.62. The molecular weight excluding hydrogens is 474 g/mol. The third kappa shape index (κ3) is 4.38. The number of aliphatic hydroxyl groups is 3. The molecule has 11 heteroatoms. The van der Waals surface area contributed by atoms with Crippen LogP contribution in [0.5, 0.6) is 0 Å². The van der Waals surface area contributed by atoms with Crippen LogP contribution >= 0.6 is 11.3 Å². The van der Waals surface area contributed by atoms with Crippen molar-refractivity contribution in [3.63, 3.8) is 0 Å². The lowest BCUT2D eigenvalue weighted by atomic mass is 9.74. The zero-order valence-electron chi connectivity index (χ0n) is 20.0. The van der Waals surface area contributed by atoms with Crippen molar-refractivity contribution in [1.29, 1.82) is 0 Å². The summed E-state index contributed by atoms with van der Waals surface area (Å²) in [6, 6.07) is 6.28. The van der Waals surface area contributed by atoms with Crippen LogP contribution in [0.3, 0.4) is 0 Å². The number of fused-ring (bicyclic) bond motifs is 3. The minimum Gasteiger partial charge on any atom is -0.391 e. The van der Waals surface area contributed by atoms with E-state index in [-0.39, 0.29) is 18.4 Å². The van der Waals surface area contributed by atoms with Gasteiger partial charge in [-0.2, -0.15) is 0 Å². The molecule has 192 valence electrons. The van der Waals surface area contributed by atoms with Crippen molar-refractivity contribution in [2.75, 3.05) is 7.05 Å². The molecule has 1 saturated carbocycles. The van der Waals surface area contributed by atoms with Gasteiger partial charge < -0.3 is 40.2 Å². The second-order valence-corrected chi connectivity index (χ2v) is 10.8. The lowest BCUT2D eigenvalue weighted by Gasteiger charge is -2.58. The molecular formula is C24H33N3O7S. The number of hydrogen-bond acceptors (Lipinski definition) is 10. The van der Waals surface area contributed by atoms with Crippen LogP contribution in [0.2, 0.25) is 0 Å². The minimum atomic E-state index is -2.00. The highest BCUT2D eigenvalue weighted by molar-refractivity contribution is 7.18. The largest absolute Gasteiger partial charge is 0.391 e. The summed E-state index contributed by atoms with van der Waals surface area (Å²) in [6.07, 6.45) is -4.20. The molecule has 0 radical (unpaired) electrons. The maximum absolute atomic E-state index is 13.0. The molecule has 2 saturated heterocycles. The predicted molar refractivity (Wildman–Crippen MR) is 128 cm³/mol. The third-order valence-electron chi connectivity index (χ3n) is 7.42. The molecule has 1 aliphatic carbocycles. The van der Waals surface area contributed by atoms with Crippen LogP contribution in [0.15, 0.2) is 24.3 Å². The average molecular weight is 508 g/mol. The van der Waals surface area contributed by atoms with Gasteiger partial charge in [0.15, 0.2) is 0 Å². The van der Waals surface area contributed by atoms with Crippen LogP contribution in [0, 0.1) is 5.92 Å². The first kappa shape index (κ1) is 25.0. The monoisotopic (exact) mass is 507 g/mol. The second-order valence-electron chi connectivity index (χ2n) is 9.69. The SMILES string of the molecule is CC[C@@H]1[C@H](O)[C@H](NC)C2O[C@]3(O)C(OC2[C@@H]1O)O[C@H](C)C[C@H]3NC(=O)Cc1nc2ccccc2s1. The Bertz CT molecular complexity index is 1040. The van der Waals surface area contributed by atoms with Crippen molar-refractivity contribution in [2.24, 2.45) is 5.92 Å². The summed E-state index contributed by atoms with van der Waals surface area (Å²) in [7, 11) is 1.69. The smallest absolute Gasteiger partial charge is 0.239 e. The summed E-state index contributed by atoms with van der Waals surface area (Å²) in [5.74, 6) is -2.72. The number of likely N-dealkylation sites (N-methyl/N-ethyl adjacent to an activating group) is 1. The first-order valence-electron chi connectivity index (χ1n) is 12.1. The zero-order chi connectivity index (χ0) is 24.9. The molecule has 5 rings (SSSR count). The molecule has 1 aromatic heterocycles. The van der Waals surface area contributed by atoms with Crippen molar-refractivity contribution in [1.82, 2.24) is 15.6 Å². The number of carbonyl (C=O) groups excluding carboxylic acids is 1. The first-order valence-corrected chi connectivity index (χ1v) is 12.9. The Labute approximate surface area is 207 Å². The summed E-state index contributed by atoms with van der Waals surface area (Å²) in [6.45, 7) is 3.72. The van der Waals surface area contributed by atoms with Crippen molar-refractivity contribution in [2.45, 2.75) is 87.8 Å². The molecule has 1 amide bonds. The van der Waals surface area contributed by atoms with Crippen molar-refractivity contribution >= 4 is 27.5 Å². The van der Waals surface area contributed by atoms with E-state index in [1.54, 1.807) is 7.05 Å². The van der Waals surface area contributed by atoms with Crippen molar-refractivity contribution in [3.05, 3.63) is 29.3 Å². The number of carbonyl (C=O) groups is 1. The Balaban J connectivity index is 1.36. The van der Waals surface area contributed by atoms with E-state index < -0.39 is 54.5 Å². The van der Waals surface area contributed by atoms with Crippen LogP contribution in [0.4, 0.5) is 0 Å². The van der Waals surface area contributed by atoms with Crippen LogP contribution in [-0.4, -0.2) is 87.9 Å². The number of aromatic nitrogens is 1. The number of nitrogens with zero attached hydrogens (tertiary/aromatic N) is 1. The highest BCUT2D eigenvalue weighted by Crippen LogP contribution is 2.43. The van der Waals surface area contributed by atoms with Gasteiger partial charge in [0.1, 0.15) is 17.2 Å². The molecule has 0 bridgehead atoms. The molecule has 35 heavy (non-hydrogen) atoms. The maximum atomic E-state index is 13.0. The van der Waals surface area contributed by atoms with Gasteiger partial charge in [-0.25, -0.2) is 4.98 Å². The summed E-state index contributed by atoms with van der Waals surface area (Å²) >= 11 is 1.45. The normalized spacial score (nSPS) is 41.3. The molecule has 3 fully saturated rings. The molecule has 5 N–H and O–H groups in total. The minimum absolute atomic E-state index is 0.0630. The Morgan fingerprint density at radius 2 is 2.00 bits per heavy atom. The van der Waals surface area contributed by atoms with Gasteiger partial charge >= 0.3 is 0 Å². The molecule has 3 heterocycles. The second kappa shape index (κ2) is 9.64. The van der Waals surface area contributed by atoms with E-state index >= 15 is 0 Å². The Hall–Kier alpha value is -1.70. The molecule has 2 aliphatic heterocycles. The van der Waals surface area contributed by atoms with E-state index in [0.29, 0.717) is 17.8 Å². The third-order valence-corrected chi connectivity index (χ3v) is 8.45. The van der Waals surface area contributed by atoms with Gasteiger partial charge in [-0.3, -0.25) is 4.79 Å². The van der Waals surface area contributed by atoms with Gasteiger partial charge in [0, 0.05) is 5.92 Å². The number of amides is 1. The number of hydrogen-bond donors (Lipinski definition) is 5. The van der Waals surface area contributed by atoms with Crippen molar-refractivity contribution in [3.8, 4) is 0 Å². The Morgan fingerprint density at radius 1 is 1.23 bits per heavy atom. The van der Waals surface area contributed by atoms with Gasteiger partial charge in [0.2, 0.25) is 18.0 Å². The Kier molecular flexibility index (Phi) is 6.88. The fraction of sp³-hybridized carbons (Fsp3) is 0.667. The number of rotatable bonds is 5. The zero-order valence-corrected chi connectivity index (χ0v) is 20.8. The molecule has 3 unspecified atom stereocenters. The molecule has 2 aromatic rings. The van der Waals surface area contributed by atoms with E-state index in [2.05, 4.69) is 15.6 Å². The van der Waals surface area contributed by atoms with Gasteiger partial charge in [-0.05, 0) is 38.9 Å². The molecule has 10 nitrogen and oxygen atoms in total. The number of thiazole rings is 1. The Morgan fingerprint density at radius 3 is 2.71 bits per heavy atom. The van der Waals surface area contributed by atoms with Crippen LogP contribution in [0.25, 0.3) is 10.2 Å². The van der Waals surface area contributed by atoms with Crippen LogP contribution in [-0.2, 0) is 25.4 Å². The fourth-order valence-corrected chi connectivity index (χ4v) is 6.58. The molecule has 1 aromatic carbocycles. The number of ether oxygens (including phenoxy) is 3. The van der Waals surface area contributed by atoms with E-state index in [1.807, 2.05) is 38.1 Å². The van der Waals surface area contributed by atoms with Gasteiger partial charge in [-0.15, -0.1) is 11.3 Å². The highest BCUT2D eigenvalue weighted by Gasteiger charge is 2.63. The quantitative estimate of drug-likeness (QED) is 0.386. The number of para-hydroxylation sites is 1. The standard InChI is InChI=1S/C24H33N3O7S/c1-4-12-19(29)18(25-3)21-22(20(12)30)33-23-24(31,34-21)15(9-11(2)32-23)27-16(28)10-17-26-13-7-5-6-8-14(13)35-17/h5-8,11-12,15,18-23,25,29-31H,4,9-10H2,1-3H3,(H,27,28)/t11-,12-,15-,18+,19+,20-,21?,22?,23?,24+/m1/s1. The topological polar surface area (TPSA) is 142 Å². The maximum Gasteiger partial charge on any atom is 0.239 e. The van der Waals surface area contributed by atoms with Gasteiger partial charge in [0.05, 0.1) is 47.0 Å². The number of benzene rings is 1. The molecule has 0 spiro atoms. The van der Waals surface area contributed by atoms with Crippen LogP contribution in [0.1, 0.15) is 31.7 Å². The van der Waals surface area contributed by atoms with E-state index in [1.165, 1.54) is 11.3 Å². The van der Waals surface area contributed by atoms with E-state index in [9.17, 15) is 20.1 Å². The lowest BCUT2D eigenvalue weighted by molar-refractivity contribution is -0.450. The predicted octanol–water partition coefficient (Wildman–Crippen LogP) is 0.281. The molecule has 10 atom stereocenters. The summed E-state index contributed by atoms with van der Waals surface area (Å²) in [4.78, 5) is 17.5. The van der Waals surface area contributed by atoms with Crippen LogP contribution < -0.4 is 10.6 Å². The summed E-state index contributed by atoms with van der Waals surface area (Å²) in [5.41, 5.74) is 0.839. The van der Waals surface area contributed by atoms with Crippen molar-refractivity contribution < 1.29 is 34.3 Å². The average Bonchev–Trinajstić information content (AvgIpc) is 3.22. The van der Waals surface area contributed by atoms with Gasteiger partial charge in [0.25, 0.3) is 0 Å². The van der Waals surface area contributed by atoms with E-state index in [0.717, 1.165) is 10.2 Å². The molecule has 3 aliphatic rings. The first-order chi connectivity index (χ1) is 16.7. The number of aliphatic hydroxyl groups excluding tert-OH is 2. The highest BCUT2D eigenvalue weighted by atomic mass is 32.1. The summed E-state index contributed by atoms with van der Waals surface area (Å²) < 4.78 is 19.2. The number of nitrogens with one attached hydrogen (secondary N) is 2. The van der Waals surface area contributed by atoms with Gasteiger partial charge in [-0.1, -0.05) is 19.1 Å².